The first-order valence-corrected chi connectivity index (χ1v) is 8.27. The van der Waals surface area contributed by atoms with Crippen LogP contribution in [0, 0.1) is 17.7 Å². The molecule has 118 valence electrons. The Kier molecular flexibility index (Phi) is 6.50. The summed E-state index contributed by atoms with van der Waals surface area (Å²) < 4.78 is 19.4. The fraction of sp³-hybridized carbons (Fsp3) is 0.667. The molecule has 1 saturated carbocycles. The monoisotopic (exact) mass is 293 g/mol. The molecule has 1 aliphatic rings. The number of benzene rings is 1. The molecule has 21 heavy (non-hydrogen) atoms. The van der Waals surface area contributed by atoms with Crippen molar-refractivity contribution in [3.63, 3.8) is 0 Å². The van der Waals surface area contributed by atoms with Gasteiger partial charge in [0.1, 0.15) is 11.6 Å². The molecule has 1 fully saturated rings. The molecule has 1 aromatic rings. The van der Waals surface area contributed by atoms with Gasteiger partial charge in [-0.1, -0.05) is 33.1 Å². The van der Waals surface area contributed by atoms with Crippen molar-refractivity contribution < 1.29 is 9.13 Å². The first kappa shape index (κ1) is 16.3. The maximum atomic E-state index is 13.4. The van der Waals surface area contributed by atoms with Gasteiger partial charge in [-0.25, -0.2) is 4.39 Å². The largest absolute Gasteiger partial charge is 0.493 e. The lowest BCUT2D eigenvalue weighted by molar-refractivity contribution is 0.207. The molecule has 0 atom stereocenters. The van der Waals surface area contributed by atoms with Crippen LogP contribution in [0.3, 0.4) is 0 Å². The normalized spacial score (nSPS) is 16.4. The van der Waals surface area contributed by atoms with Crippen molar-refractivity contribution in [2.75, 3.05) is 13.2 Å². The van der Waals surface area contributed by atoms with E-state index in [-0.39, 0.29) is 5.82 Å². The molecule has 1 aromatic carbocycles. The van der Waals surface area contributed by atoms with Crippen molar-refractivity contribution in [2.24, 2.45) is 11.8 Å². The molecule has 0 amide bonds. The van der Waals surface area contributed by atoms with Crippen LogP contribution in [0.5, 0.6) is 5.75 Å². The van der Waals surface area contributed by atoms with Crippen LogP contribution in [-0.4, -0.2) is 13.2 Å². The average Bonchev–Trinajstić information content (AvgIpc) is 2.47. The summed E-state index contributed by atoms with van der Waals surface area (Å²) in [4.78, 5) is 0. The summed E-state index contributed by atoms with van der Waals surface area (Å²) in [5.74, 6) is 1.89. The van der Waals surface area contributed by atoms with Crippen molar-refractivity contribution in [2.45, 2.75) is 52.5 Å². The predicted molar refractivity (Wildman–Crippen MR) is 85.0 cm³/mol. The van der Waals surface area contributed by atoms with E-state index in [1.807, 2.05) is 0 Å². The topological polar surface area (TPSA) is 21.3 Å². The molecule has 2 nitrogen and oxygen atoms in total. The SMILES string of the molecule is CC(C)CNCc1cc(F)ccc1OCC1CCCCC1. The minimum atomic E-state index is -0.193. The Morgan fingerprint density at radius 3 is 2.71 bits per heavy atom. The maximum absolute atomic E-state index is 13.4. The number of halogens is 1. The van der Waals surface area contributed by atoms with Gasteiger partial charge in [0.25, 0.3) is 0 Å². The highest BCUT2D eigenvalue weighted by atomic mass is 19.1. The van der Waals surface area contributed by atoms with Crippen molar-refractivity contribution in [1.82, 2.24) is 5.32 Å². The van der Waals surface area contributed by atoms with Crippen LogP contribution in [-0.2, 0) is 6.54 Å². The van der Waals surface area contributed by atoms with Crippen LogP contribution in [0.2, 0.25) is 0 Å². The van der Waals surface area contributed by atoms with Crippen LogP contribution < -0.4 is 10.1 Å². The van der Waals surface area contributed by atoms with Gasteiger partial charge >= 0.3 is 0 Å². The average molecular weight is 293 g/mol. The summed E-state index contributed by atoms with van der Waals surface area (Å²) in [6.07, 6.45) is 6.53. The molecular formula is C18H28FNO. The second-order valence-electron chi connectivity index (χ2n) is 6.59. The molecule has 0 spiro atoms. The first-order valence-electron chi connectivity index (χ1n) is 8.27. The number of rotatable bonds is 7. The van der Waals surface area contributed by atoms with E-state index >= 15 is 0 Å². The molecule has 0 radical (unpaired) electrons. The van der Waals surface area contributed by atoms with Crippen LogP contribution in [0.15, 0.2) is 18.2 Å². The Morgan fingerprint density at radius 2 is 2.00 bits per heavy atom. The van der Waals surface area contributed by atoms with Crippen molar-refractivity contribution in [3.8, 4) is 5.75 Å². The van der Waals surface area contributed by atoms with Gasteiger partial charge in [-0.05, 0) is 49.4 Å². The summed E-state index contributed by atoms with van der Waals surface area (Å²) >= 11 is 0. The summed E-state index contributed by atoms with van der Waals surface area (Å²) in [5, 5.41) is 3.36. The Bertz CT molecular complexity index is 427. The maximum Gasteiger partial charge on any atom is 0.123 e. The Hall–Kier alpha value is -1.09. The second-order valence-corrected chi connectivity index (χ2v) is 6.59. The van der Waals surface area contributed by atoms with Crippen molar-refractivity contribution in [1.29, 1.82) is 0 Å². The van der Waals surface area contributed by atoms with Gasteiger partial charge in [-0.2, -0.15) is 0 Å². The molecule has 0 saturated heterocycles. The molecule has 0 unspecified atom stereocenters. The lowest BCUT2D eigenvalue weighted by atomic mass is 9.90. The number of hydrogen-bond acceptors (Lipinski definition) is 2. The van der Waals surface area contributed by atoms with E-state index in [0.29, 0.717) is 18.4 Å². The smallest absolute Gasteiger partial charge is 0.123 e. The fourth-order valence-corrected chi connectivity index (χ4v) is 2.88. The van der Waals surface area contributed by atoms with Gasteiger partial charge in [0.05, 0.1) is 6.61 Å². The highest BCUT2D eigenvalue weighted by Gasteiger charge is 2.15. The highest BCUT2D eigenvalue weighted by Crippen LogP contribution is 2.26. The molecule has 1 N–H and O–H groups in total. The van der Waals surface area contributed by atoms with Gasteiger partial charge in [0.15, 0.2) is 0 Å². The van der Waals surface area contributed by atoms with E-state index in [9.17, 15) is 4.39 Å². The molecule has 2 rings (SSSR count). The molecule has 3 heteroatoms. The van der Waals surface area contributed by atoms with Crippen molar-refractivity contribution >= 4 is 0 Å². The standard InChI is InChI=1S/C18H28FNO/c1-14(2)11-20-12-16-10-17(19)8-9-18(16)21-13-15-6-4-3-5-7-15/h8-10,14-15,20H,3-7,11-13H2,1-2H3. The third-order valence-electron chi connectivity index (χ3n) is 4.09. The summed E-state index contributed by atoms with van der Waals surface area (Å²) in [5.41, 5.74) is 0.923. The quantitative estimate of drug-likeness (QED) is 0.797. The minimum absolute atomic E-state index is 0.193. The lowest BCUT2D eigenvalue weighted by Crippen LogP contribution is -2.20. The Morgan fingerprint density at radius 1 is 1.24 bits per heavy atom. The fourth-order valence-electron chi connectivity index (χ4n) is 2.88. The Labute approximate surface area is 128 Å². The molecule has 1 aliphatic carbocycles. The second kappa shape index (κ2) is 8.38. The van der Waals surface area contributed by atoms with Gasteiger partial charge in [0.2, 0.25) is 0 Å². The third kappa shape index (κ3) is 5.66. The Balaban J connectivity index is 1.90. The van der Waals surface area contributed by atoms with Gasteiger partial charge < -0.3 is 10.1 Å². The van der Waals surface area contributed by atoms with Crippen LogP contribution in [0.1, 0.15) is 51.5 Å². The summed E-state index contributed by atoms with van der Waals surface area (Å²) in [7, 11) is 0. The van der Waals surface area contributed by atoms with Crippen LogP contribution in [0.25, 0.3) is 0 Å². The van der Waals surface area contributed by atoms with Gasteiger partial charge in [-0.15, -0.1) is 0 Å². The highest BCUT2D eigenvalue weighted by molar-refractivity contribution is 5.34. The molecule has 0 bridgehead atoms. The van der Waals surface area contributed by atoms with E-state index < -0.39 is 0 Å². The van der Waals surface area contributed by atoms with E-state index in [1.165, 1.54) is 38.2 Å². The predicted octanol–water partition coefficient (Wildman–Crippen LogP) is 4.53. The van der Waals surface area contributed by atoms with Gasteiger partial charge in [0, 0.05) is 12.1 Å². The molecule has 0 aromatic heterocycles. The van der Waals surface area contributed by atoms with E-state index in [0.717, 1.165) is 24.5 Å². The zero-order valence-corrected chi connectivity index (χ0v) is 13.3. The van der Waals surface area contributed by atoms with E-state index in [1.54, 1.807) is 12.1 Å². The summed E-state index contributed by atoms with van der Waals surface area (Å²) in [6.45, 7) is 6.69. The van der Waals surface area contributed by atoms with Crippen molar-refractivity contribution in [3.05, 3.63) is 29.6 Å². The molecule has 0 heterocycles. The van der Waals surface area contributed by atoms with Crippen LogP contribution >= 0.6 is 0 Å². The minimum Gasteiger partial charge on any atom is -0.493 e. The molecule has 0 aliphatic heterocycles. The van der Waals surface area contributed by atoms with Crippen LogP contribution in [0.4, 0.5) is 4.39 Å². The zero-order valence-electron chi connectivity index (χ0n) is 13.3. The van der Waals surface area contributed by atoms with E-state index in [2.05, 4.69) is 19.2 Å². The number of ether oxygens (including phenoxy) is 1. The lowest BCUT2D eigenvalue weighted by Gasteiger charge is -2.22. The van der Waals surface area contributed by atoms with E-state index in [4.69, 9.17) is 4.74 Å². The summed E-state index contributed by atoms with van der Waals surface area (Å²) in [6, 6.07) is 4.84. The number of hydrogen-bond donors (Lipinski definition) is 1. The third-order valence-corrected chi connectivity index (χ3v) is 4.09. The zero-order chi connectivity index (χ0) is 15.1. The number of nitrogens with one attached hydrogen (secondary N) is 1. The molecular weight excluding hydrogens is 265 g/mol. The van der Waals surface area contributed by atoms with Gasteiger partial charge in [-0.3, -0.25) is 0 Å². The first-order chi connectivity index (χ1) is 10.1.